The van der Waals surface area contributed by atoms with Crippen LogP contribution in [0.25, 0.3) is 0 Å². The number of nitrogens with one attached hydrogen (secondary N) is 2. The number of fused-ring (bicyclic) bond motifs is 1. The number of rotatable bonds is 0. The Kier molecular flexibility index (Phi) is 1.75. The molecule has 64 valence electrons. The van der Waals surface area contributed by atoms with Crippen LogP contribution >= 0.6 is 0 Å². The monoisotopic (exact) mass is 163 g/mol. The molecule has 0 bridgehead atoms. The quantitative estimate of drug-likeness (QED) is 0.535. The van der Waals surface area contributed by atoms with Crippen molar-refractivity contribution in [3.05, 3.63) is 29.8 Å². The Morgan fingerprint density at radius 2 is 2.08 bits per heavy atom. The van der Waals surface area contributed by atoms with E-state index in [1.165, 1.54) is 0 Å². The molecule has 0 aromatic heterocycles. The molecule has 1 aromatic carbocycles. The summed E-state index contributed by atoms with van der Waals surface area (Å²) >= 11 is 0. The molecule has 0 amide bonds. The van der Waals surface area contributed by atoms with Gasteiger partial charge in [-0.1, -0.05) is 18.2 Å². The van der Waals surface area contributed by atoms with Gasteiger partial charge in [-0.05, 0) is 13.0 Å². The average Bonchev–Trinajstić information content (AvgIpc) is 2.04. The minimum absolute atomic E-state index is 0.0440. The van der Waals surface area contributed by atoms with Crippen molar-refractivity contribution >= 4 is 5.69 Å². The summed E-state index contributed by atoms with van der Waals surface area (Å²) in [6, 6.07) is 8.09. The first-order chi connectivity index (χ1) is 5.77. The first-order valence-corrected chi connectivity index (χ1v) is 4.14. The molecule has 1 heterocycles. The van der Waals surface area contributed by atoms with Gasteiger partial charge >= 0.3 is 0 Å². The van der Waals surface area contributed by atoms with E-state index in [2.05, 4.69) is 17.6 Å². The van der Waals surface area contributed by atoms with Gasteiger partial charge in [0.25, 0.3) is 0 Å². The number of anilines is 1. The summed E-state index contributed by atoms with van der Waals surface area (Å²) in [4.78, 5) is 0. The highest BCUT2D eigenvalue weighted by Crippen LogP contribution is 2.23. The molecule has 1 aliphatic rings. The van der Waals surface area contributed by atoms with Gasteiger partial charge in [-0.3, -0.25) is 5.32 Å². The van der Waals surface area contributed by atoms with E-state index in [9.17, 15) is 0 Å². The first-order valence-electron chi connectivity index (χ1n) is 4.14. The Balaban J connectivity index is 2.40. The van der Waals surface area contributed by atoms with Gasteiger partial charge in [0.1, 0.15) is 0 Å². The second-order valence-electron chi connectivity index (χ2n) is 3.10. The molecule has 0 aliphatic carbocycles. The van der Waals surface area contributed by atoms with E-state index in [4.69, 9.17) is 5.73 Å². The van der Waals surface area contributed by atoms with Crippen LogP contribution in [0.1, 0.15) is 18.7 Å². The molecule has 2 atom stereocenters. The number of para-hydroxylation sites is 1. The van der Waals surface area contributed by atoms with Gasteiger partial charge in [0, 0.05) is 11.3 Å². The lowest BCUT2D eigenvalue weighted by molar-refractivity contribution is 0.479. The molecule has 0 fully saturated rings. The average molecular weight is 163 g/mol. The summed E-state index contributed by atoms with van der Waals surface area (Å²) in [5.41, 5.74) is 8.16. The minimum Gasteiger partial charge on any atom is -0.370 e. The smallest absolute Gasteiger partial charge is 0.0845 e. The molecule has 1 aliphatic heterocycles. The van der Waals surface area contributed by atoms with Crippen LogP contribution in [0, 0.1) is 0 Å². The molecule has 3 heteroatoms. The van der Waals surface area contributed by atoms with Gasteiger partial charge in [0.05, 0.1) is 12.3 Å². The van der Waals surface area contributed by atoms with Crippen LogP contribution in [0.5, 0.6) is 0 Å². The minimum atomic E-state index is -0.0440. The predicted molar refractivity (Wildman–Crippen MR) is 49.6 cm³/mol. The molecular formula is C9H13N3. The molecular weight excluding hydrogens is 150 g/mol. The summed E-state index contributed by atoms with van der Waals surface area (Å²) < 4.78 is 0. The second-order valence-corrected chi connectivity index (χ2v) is 3.10. The fraction of sp³-hybridized carbons (Fsp3) is 0.333. The lowest BCUT2D eigenvalue weighted by atomic mass is 10.1. The maximum atomic E-state index is 5.89. The molecule has 2 rings (SSSR count). The molecule has 0 spiro atoms. The highest BCUT2D eigenvalue weighted by Gasteiger charge is 2.18. The van der Waals surface area contributed by atoms with Crippen LogP contribution in [0.2, 0.25) is 0 Å². The molecule has 0 saturated heterocycles. The van der Waals surface area contributed by atoms with Crippen molar-refractivity contribution in [2.45, 2.75) is 19.3 Å². The zero-order chi connectivity index (χ0) is 8.55. The molecule has 4 N–H and O–H groups in total. The third-order valence-corrected chi connectivity index (χ3v) is 2.10. The zero-order valence-electron chi connectivity index (χ0n) is 7.04. The fourth-order valence-corrected chi connectivity index (χ4v) is 1.53. The second kappa shape index (κ2) is 2.77. The lowest BCUT2D eigenvalue weighted by Crippen LogP contribution is -2.44. The van der Waals surface area contributed by atoms with Gasteiger partial charge in [0.2, 0.25) is 0 Å². The summed E-state index contributed by atoms with van der Waals surface area (Å²) in [5.74, 6) is 0. The zero-order valence-corrected chi connectivity index (χ0v) is 7.04. The molecule has 0 saturated carbocycles. The summed E-state index contributed by atoms with van der Waals surface area (Å²) in [7, 11) is 0. The largest absolute Gasteiger partial charge is 0.370 e. The van der Waals surface area contributed by atoms with Crippen molar-refractivity contribution in [3.8, 4) is 0 Å². The van der Waals surface area contributed by atoms with Gasteiger partial charge in [-0.15, -0.1) is 0 Å². The Hall–Kier alpha value is -1.06. The van der Waals surface area contributed by atoms with E-state index in [1.807, 2.05) is 24.3 Å². The predicted octanol–water partition coefficient (Wildman–Crippen LogP) is 1.00. The third kappa shape index (κ3) is 1.17. The van der Waals surface area contributed by atoms with Crippen LogP contribution < -0.4 is 16.4 Å². The maximum Gasteiger partial charge on any atom is 0.0845 e. The van der Waals surface area contributed by atoms with E-state index in [-0.39, 0.29) is 12.3 Å². The summed E-state index contributed by atoms with van der Waals surface area (Å²) in [6.07, 6.45) is 0.201. The third-order valence-electron chi connectivity index (χ3n) is 2.10. The molecule has 1 aromatic rings. The van der Waals surface area contributed by atoms with Crippen LogP contribution in [0.15, 0.2) is 24.3 Å². The first kappa shape index (κ1) is 7.58. The van der Waals surface area contributed by atoms with E-state index in [1.54, 1.807) is 0 Å². The van der Waals surface area contributed by atoms with Crippen molar-refractivity contribution < 1.29 is 0 Å². The fourth-order valence-electron chi connectivity index (χ4n) is 1.53. The van der Waals surface area contributed by atoms with Crippen molar-refractivity contribution in [2.75, 3.05) is 5.32 Å². The van der Waals surface area contributed by atoms with Gasteiger partial charge in [-0.2, -0.15) is 0 Å². The van der Waals surface area contributed by atoms with Crippen molar-refractivity contribution in [2.24, 2.45) is 5.73 Å². The maximum absolute atomic E-state index is 5.89. The van der Waals surface area contributed by atoms with Gasteiger partial charge in [-0.25, -0.2) is 0 Å². The van der Waals surface area contributed by atoms with Crippen molar-refractivity contribution in [3.63, 3.8) is 0 Å². The molecule has 12 heavy (non-hydrogen) atoms. The van der Waals surface area contributed by atoms with Crippen molar-refractivity contribution in [1.29, 1.82) is 0 Å². The Morgan fingerprint density at radius 3 is 2.92 bits per heavy atom. The standard InChI is InChI=1S/C9H13N3/c1-6-11-8-5-3-2-4-7(8)9(10)12-6/h2-6,9,11-12H,10H2,1H3. The molecule has 0 radical (unpaired) electrons. The van der Waals surface area contributed by atoms with E-state index < -0.39 is 0 Å². The normalized spacial score (nSPS) is 27.5. The van der Waals surface area contributed by atoms with E-state index in [0.29, 0.717) is 0 Å². The van der Waals surface area contributed by atoms with Crippen molar-refractivity contribution in [1.82, 2.24) is 5.32 Å². The molecule has 3 nitrogen and oxygen atoms in total. The lowest BCUT2D eigenvalue weighted by Gasteiger charge is -2.30. The topological polar surface area (TPSA) is 50.1 Å². The number of benzene rings is 1. The Labute approximate surface area is 72.0 Å². The summed E-state index contributed by atoms with van der Waals surface area (Å²) in [6.45, 7) is 2.05. The SMILES string of the molecule is CC1Nc2ccccc2C(N)N1. The van der Waals surface area contributed by atoms with E-state index >= 15 is 0 Å². The van der Waals surface area contributed by atoms with Gasteiger partial charge in [0.15, 0.2) is 0 Å². The number of hydrogen-bond donors (Lipinski definition) is 3. The number of hydrogen-bond acceptors (Lipinski definition) is 3. The van der Waals surface area contributed by atoms with Crippen LogP contribution in [0.4, 0.5) is 5.69 Å². The molecule has 2 unspecified atom stereocenters. The highest BCUT2D eigenvalue weighted by molar-refractivity contribution is 5.54. The Bertz CT molecular complexity index is 285. The van der Waals surface area contributed by atoms with Crippen LogP contribution in [0.3, 0.4) is 0 Å². The van der Waals surface area contributed by atoms with E-state index in [0.717, 1.165) is 11.3 Å². The highest BCUT2D eigenvalue weighted by atomic mass is 15.2. The van der Waals surface area contributed by atoms with Crippen LogP contribution in [-0.4, -0.2) is 6.17 Å². The summed E-state index contributed by atoms with van der Waals surface area (Å²) in [5, 5.41) is 6.50. The Morgan fingerprint density at radius 1 is 1.33 bits per heavy atom. The van der Waals surface area contributed by atoms with Gasteiger partial charge < -0.3 is 11.1 Å². The number of nitrogens with two attached hydrogens (primary N) is 1. The van der Waals surface area contributed by atoms with Crippen LogP contribution in [-0.2, 0) is 0 Å².